The lowest BCUT2D eigenvalue weighted by molar-refractivity contribution is 0.0954. The number of rotatable bonds is 11. The van der Waals surface area contributed by atoms with Gasteiger partial charge in [-0.1, -0.05) is 11.2 Å². The van der Waals surface area contributed by atoms with Gasteiger partial charge in [0.25, 0.3) is 5.91 Å². The third-order valence-corrected chi connectivity index (χ3v) is 5.35. The predicted octanol–water partition coefficient (Wildman–Crippen LogP) is 4.44. The van der Waals surface area contributed by atoms with Gasteiger partial charge in [0.1, 0.15) is 0 Å². The van der Waals surface area contributed by atoms with E-state index < -0.39 is 0 Å². The van der Waals surface area contributed by atoms with E-state index in [0.717, 1.165) is 22.0 Å². The van der Waals surface area contributed by atoms with Crippen LogP contribution in [0.5, 0.6) is 11.5 Å². The van der Waals surface area contributed by atoms with Crippen LogP contribution >= 0.6 is 11.8 Å². The summed E-state index contributed by atoms with van der Waals surface area (Å²) in [5.74, 6) is 3.19. The molecule has 8 heteroatoms. The Balaban J connectivity index is 1.48. The molecule has 3 aromatic rings. The molecule has 1 N–H and O–H groups in total. The summed E-state index contributed by atoms with van der Waals surface area (Å²) in [6.45, 7) is 7.37. The van der Waals surface area contributed by atoms with Crippen LogP contribution in [-0.2, 0) is 12.2 Å². The molecule has 0 spiro atoms. The molecule has 0 aliphatic carbocycles. The average Bonchev–Trinajstić information content (AvgIpc) is 3.20. The third-order valence-electron chi connectivity index (χ3n) is 4.36. The number of nitrogens with zero attached hydrogens (tertiary/aromatic N) is 2. The molecule has 1 heterocycles. The molecule has 2 aromatic carbocycles. The van der Waals surface area contributed by atoms with E-state index >= 15 is 0 Å². The quantitative estimate of drug-likeness (QED) is 0.440. The summed E-state index contributed by atoms with van der Waals surface area (Å²) >= 11 is 1.58. The number of hydrogen-bond acceptors (Lipinski definition) is 7. The van der Waals surface area contributed by atoms with Crippen molar-refractivity contribution in [3.63, 3.8) is 0 Å². The molecule has 0 saturated heterocycles. The molecule has 31 heavy (non-hydrogen) atoms. The molecule has 0 aliphatic rings. The van der Waals surface area contributed by atoms with Crippen LogP contribution in [0, 0.1) is 6.92 Å². The lowest BCUT2D eigenvalue weighted by Crippen LogP contribution is -2.25. The molecule has 164 valence electrons. The van der Waals surface area contributed by atoms with Gasteiger partial charge in [-0.3, -0.25) is 4.79 Å². The minimum absolute atomic E-state index is 0.0972. The normalized spacial score (nSPS) is 10.7. The number of aryl methyl sites for hydroxylation is 1. The summed E-state index contributed by atoms with van der Waals surface area (Å²) in [5, 5.41) is 6.75. The highest BCUT2D eigenvalue weighted by Crippen LogP contribution is 2.28. The first-order valence-electron chi connectivity index (χ1n) is 10.3. The van der Waals surface area contributed by atoms with Gasteiger partial charge in [-0.25, -0.2) is 0 Å². The summed E-state index contributed by atoms with van der Waals surface area (Å²) in [6.07, 6.45) is 0.704. The molecule has 1 aromatic heterocycles. The molecule has 0 atom stereocenters. The van der Waals surface area contributed by atoms with Crippen molar-refractivity contribution in [2.24, 2.45) is 0 Å². The molecular formula is C23H27N3O4S. The average molecular weight is 442 g/mol. The monoisotopic (exact) mass is 441 g/mol. The maximum Gasteiger partial charge on any atom is 0.251 e. The van der Waals surface area contributed by atoms with E-state index in [4.69, 9.17) is 14.0 Å². The molecule has 3 rings (SSSR count). The van der Waals surface area contributed by atoms with Gasteiger partial charge in [0.05, 0.1) is 19.0 Å². The van der Waals surface area contributed by atoms with E-state index in [1.165, 1.54) is 0 Å². The fraction of sp³-hybridized carbons (Fsp3) is 0.348. The van der Waals surface area contributed by atoms with E-state index in [1.807, 2.05) is 56.3 Å². The van der Waals surface area contributed by atoms with E-state index in [0.29, 0.717) is 49.2 Å². The Morgan fingerprint density at radius 1 is 1.06 bits per heavy atom. The second-order valence-electron chi connectivity index (χ2n) is 6.70. The van der Waals surface area contributed by atoms with Crippen molar-refractivity contribution in [2.75, 3.05) is 19.8 Å². The molecule has 0 aliphatic heterocycles. The number of nitrogens with one attached hydrogen (secondary N) is 1. The lowest BCUT2D eigenvalue weighted by Gasteiger charge is -2.12. The van der Waals surface area contributed by atoms with E-state index in [9.17, 15) is 4.79 Å². The zero-order valence-electron chi connectivity index (χ0n) is 18.0. The highest BCUT2D eigenvalue weighted by Gasteiger charge is 2.09. The van der Waals surface area contributed by atoms with Crippen LogP contribution < -0.4 is 14.8 Å². The topological polar surface area (TPSA) is 86.5 Å². The Kier molecular flexibility index (Phi) is 8.35. The standard InChI is InChI=1S/C23H27N3O4S/c1-4-28-20-11-6-17(14-21(20)29-5-2)12-13-24-23(27)18-7-9-19(10-8-18)31-15-22-25-16(3)26-30-22/h6-11,14H,4-5,12-13,15H2,1-3H3,(H,24,27). The van der Waals surface area contributed by atoms with Crippen molar-refractivity contribution in [3.8, 4) is 11.5 Å². The van der Waals surface area contributed by atoms with Crippen LogP contribution in [0.3, 0.4) is 0 Å². The van der Waals surface area contributed by atoms with Crippen molar-refractivity contribution in [1.29, 1.82) is 0 Å². The Hall–Kier alpha value is -3.00. The van der Waals surface area contributed by atoms with Crippen molar-refractivity contribution in [2.45, 2.75) is 37.8 Å². The SMILES string of the molecule is CCOc1ccc(CCNC(=O)c2ccc(SCc3nc(C)no3)cc2)cc1OCC. The summed E-state index contributed by atoms with van der Waals surface area (Å²) in [7, 11) is 0. The second-order valence-corrected chi connectivity index (χ2v) is 7.75. The molecule has 0 fully saturated rings. The van der Waals surface area contributed by atoms with Crippen LogP contribution in [0.25, 0.3) is 0 Å². The number of ether oxygens (including phenoxy) is 2. The van der Waals surface area contributed by atoms with Crippen LogP contribution in [0.1, 0.15) is 41.5 Å². The van der Waals surface area contributed by atoms with Crippen molar-refractivity contribution in [1.82, 2.24) is 15.5 Å². The second kappa shape index (κ2) is 11.4. The Morgan fingerprint density at radius 2 is 1.81 bits per heavy atom. The number of carbonyl (C=O) groups excluding carboxylic acids is 1. The van der Waals surface area contributed by atoms with Gasteiger partial charge < -0.3 is 19.3 Å². The lowest BCUT2D eigenvalue weighted by atomic mass is 10.1. The number of benzene rings is 2. The van der Waals surface area contributed by atoms with Gasteiger partial charge in [-0.15, -0.1) is 11.8 Å². The summed E-state index contributed by atoms with van der Waals surface area (Å²) in [6, 6.07) is 13.4. The van der Waals surface area contributed by atoms with Gasteiger partial charge in [-0.2, -0.15) is 4.98 Å². The first kappa shape index (κ1) is 22.7. The van der Waals surface area contributed by atoms with Gasteiger partial charge in [-0.05, 0) is 69.2 Å². The van der Waals surface area contributed by atoms with Gasteiger partial charge in [0, 0.05) is 17.0 Å². The van der Waals surface area contributed by atoms with E-state index in [-0.39, 0.29) is 5.91 Å². The molecule has 0 saturated carbocycles. The molecule has 0 bridgehead atoms. The van der Waals surface area contributed by atoms with E-state index in [1.54, 1.807) is 18.7 Å². The van der Waals surface area contributed by atoms with Crippen LogP contribution in [0.15, 0.2) is 51.9 Å². The molecule has 0 radical (unpaired) electrons. The Morgan fingerprint density at radius 3 is 2.48 bits per heavy atom. The first-order chi connectivity index (χ1) is 15.1. The minimum Gasteiger partial charge on any atom is -0.490 e. The van der Waals surface area contributed by atoms with E-state index in [2.05, 4.69) is 15.5 Å². The number of thioether (sulfide) groups is 1. The molecular weight excluding hydrogens is 414 g/mol. The van der Waals surface area contributed by atoms with Crippen molar-refractivity contribution < 1.29 is 18.8 Å². The van der Waals surface area contributed by atoms with Gasteiger partial charge in [0.2, 0.25) is 5.89 Å². The fourth-order valence-corrected chi connectivity index (χ4v) is 3.66. The number of amides is 1. The van der Waals surface area contributed by atoms with Crippen molar-refractivity contribution in [3.05, 3.63) is 65.3 Å². The number of aromatic nitrogens is 2. The highest BCUT2D eigenvalue weighted by atomic mass is 32.2. The maximum atomic E-state index is 12.4. The van der Waals surface area contributed by atoms with Crippen LogP contribution in [0.4, 0.5) is 0 Å². The zero-order valence-corrected chi connectivity index (χ0v) is 18.8. The van der Waals surface area contributed by atoms with Crippen LogP contribution in [0.2, 0.25) is 0 Å². The van der Waals surface area contributed by atoms with Gasteiger partial charge >= 0.3 is 0 Å². The van der Waals surface area contributed by atoms with Crippen LogP contribution in [-0.4, -0.2) is 35.8 Å². The third kappa shape index (κ3) is 6.75. The molecule has 1 amide bonds. The summed E-state index contributed by atoms with van der Waals surface area (Å²) in [4.78, 5) is 17.7. The molecule has 0 unspecified atom stereocenters. The first-order valence-corrected chi connectivity index (χ1v) is 11.3. The fourth-order valence-electron chi connectivity index (χ4n) is 2.92. The number of carbonyl (C=O) groups is 1. The highest BCUT2D eigenvalue weighted by molar-refractivity contribution is 7.98. The summed E-state index contributed by atoms with van der Waals surface area (Å²) < 4.78 is 16.4. The zero-order chi connectivity index (χ0) is 22.1. The number of hydrogen-bond donors (Lipinski definition) is 1. The largest absolute Gasteiger partial charge is 0.490 e. The summed E-state index contributed by atoms with van der Waals surface area (Å²) in [5.41, 5.74) is 1.70. The molecule has 7 nitrogen and oxygen atoms in total. The Bertz CT molecular complexity index is 989. The Labute approximate surface area is 186 Å². The van der Waals surface area contributed by atoms with Crippen molar-refractivity contribution >= 4 is 17.7 Å². The smallest absolute Gasteiger partial charge is 0.251 e. The minimum atomic E-state index is -0.0972. The maximum absolute atomic E-state index is 12.4. The van der Waals surface area contributed by atoms with Gasteiger partial charge in [0.15, 0.2) is 17.3 Å². The predicted molar refractivity (Wildman–Crippen MR) is 120 cm³/mol.